The van der Waals surface area contributed by atoms with Crippen molar-refractivity contribution in [3.63, 3.8) is 0 Å². The number of hydrogen-bond donors (Lipinski definition) is 3. The molecule has 32 heavy (non-hydrogen) atoms. The van der Waals surface area contributed by atoms with Crippen LogP contribution in [-0.2, 0) is 0 Å². The Labute approximate surface area is 185 Å². The fourth-order valence-corrected chi connectivity index (χ4v) is 4.19. The Morgan fingerprint density at radius 2 is 2.00 bits per heavy atom. The number of nitrogens with one attached hydrogen (secondary N) is 1. The molecule has 0 bridgehead atoms. The van der Waals surface area contributed by atoms with Crippen LogP contribution in [-0.4, -0.2) is 32.0 Å². The van der Waals surface area contributed by atoms with Gasteiger partial charge in [-0.15, -0.1) is 0 Å². The van der Waals surface area contributed by atoms with E-state index < -0.39 is 30.1 Å². The van der Waals surface area contributed by atoms with Crippen LogP contribution >= 0.6 is 11.6 Å². The zero-order valence-corrected chi connectivity index (χ0v) is 17.7. The SMILES string of the molecule is C/C=C1/C[C@](O)(C(F)(F)F)[C@H](Nc2ccc(F)c3nc(C)ncc23)c2cc(Cl)c(O)cc21. The van der Waals surface area contributed by atoms with Gasteiger partial charge in [0.25, 0.3) is 0 Å². The zero-order chi connectivity index (χ0) is 23.4. The first-order chi connectivity index (χ1) is 15.0. The molecule has 3 N–H and O–H groups in total. The molecule has 0 unspecified atom stereocenters. The van der Waals surface area contributed by atoms with Gasteiger partial charge in [0, 0.05) is 23.7 Å². The number of aromatic hydroxyl groups is 1. The standard InChI is InChI=1S/C22H18ClF4N3O2/c1-3-11-8-21(32,22(25,26)27)20(13-6-15(23)18(31)7-12(11)13)30-17-5-4-16(24)19-14(17)9-28-10(2)29-19/h3-7,9,20,30-32H,8H2,1-2H3/b11-3-/t20-,21-/m1/s1. The van der Waals surface area contributed by atoms with E-state index in [9.17, 15) is 27.8 Å². The number of hydrogen-bond acceptors (Lipinski definition) is 5. The predicted molar refractivity (Wildman–Crippen MR) is 113 cm³/mol. The van der Waals surface area contributed by atoms with Gasteiger partial charge >= 0.3 is 6.18 Å². The van der Waals surface area contributed by atoms with Crippen molar-refractivity contribution in [2.24, 2.45) is 0 Å². The summed E-state index contributed by atoms with van der Waals surface area (Å²) in [4.78, 5) is 8.05. The van der Waals surface area contributed by atoms with Crippen molar-refractivity contribution >= 4 is 33.8 Å². The van der Waals surface area contributed by atoms with Crippen LogP contribution in [0.4, 0.5) is 23.2 Å². The summed E-state index contributed by atoms with van der Waals surface area (Å²) >= 11 is 6.02. The molecule has 0 radical (unpaired) electrons. The lowest BCUT2D eigenvalue weighted by molar-refractivity contribution is -0.265. The van der Waals surface area contributed by atoms with Crippen molar-refractivity contribution in [3.05, 3.63) is 64.3 Å². The van der Waals surface area contributed by atoms with Crippen LogP contribution in [0.1, 0.15) is 36.3 Å². The van der Waals surface area contributed by atoms with E-state index in [1.807, 2.05) is 0 Å². The largest absolute Gasteiger partial charge is 0.506 e. The van der Waals surface area contributed by atoms with Gasteiger partial charge in [0.15, 0.2) is 5.60 Å². The molecule has 0 aliphatic heterocycles. The third-order valence-corrected chi connectivity index (χ3v) is 5.98. The summed E-state index contributed by atoms with van der Waals surface area (Å²) in [6.07, 6.45) is -3.03. The highest BCUT2D eigenvalue weighted by atomic mass is 35.5. The summed E-state index contributed by atoms with van der Waals surface area (Å²) in [5.74, 6) is -0.657. The van der Waals surface area contributed by atoms with Crippen LogP contribution in [0.5, 0.6) is 5.75 Å². The lowest BCUT2D eigenvalue weighted by Crippen LogP contribution is -2.54. The summed E-state index contributed by atoms with van der Waals surface area (Å²) in [5, 5.41) is 23.7. The molecule has 0 fully saturated rings. The van der Waals surface area contributed by atoms with Crippen LogP contribution in [0.25, 0.3) is 16.5 Å². The number of benzene rings is 2. The van der Waals surface area contributed by atoms with E-state index in [2.05, 4.69) is 15.3 Å². The van der Waals surface area contributed by atoms with E-state index in [1.165, 1.54) is 30.5 Å². The van der Waals surface area contributed by atoms with E-state index in [4.69, 9.17) is 11.6 Å². The van der Waals surface area contributed by atoms with Gasteiger partial charge in [-0.1, -0.05) is 17.7 Å². The number of anilines is 1. The maximum atomic E-state index is 14.3. The zero-order valence-electron chi connectivity index (χ0n) is 16.9. The van der Waals surface area contributed by atoms with Crippen molar-refractivity contribution in [3.8, 4) is 5.75 Å². The second-order valence-corrected chi connectivity index (χ2v) is 8.06. The molecule has 5 nitrogen and oxygen atoms in total. The summed E-state index contributed by atoms with van der Waals surface area (Å²) in [5.41, 5.74) is -2.61. The Balaban J connectivity index is 1.96. The topological polar surface area (TPSA) is 78.3 Å². The molecular weight excluding hydrogens is 450 g/mol. The lowest BCUT2D eigenvalue weighted by atomic mass is 9.73. The van der Waals surface area contributed by atoms with Gasteiger partial charge in [0.1, 0.15) is 22.9 Å². The number of aryl methyl sites for hydroxylation is 1. The Bertz CT molecular complexity index is 1260. The second-order valence-electron chi connectivity index (χ2n) is 7.66. The number of rotatable bonds is 2. The molecule has 1 aliphatic carbocycles. The molecule has 0 spiro atoms. The van der Waals surface area contributed by atoms with Gasteiger partial charge in [0.05, 0.1) is 11.1 Å². The van der Waals surface area contributed by atoms with Gasteiger partial charge in [0.2, 0.25) is 0 Å². The van der Waals surface area contributed by atoms with Crippen LogP contribution < -0.4 is 5.32 Å². The minimum atomic E-state index is -5.02. The molecule has 4 rings (SSSR count). The number of aromatic nitrogens is 2. The lowest BCUT2D eigenvalue weighted by Gasteiger charge is -2.44. The highest BCUT2D eigenvalue weighted by molar-refractivity contribution is 6.32. The Hall–Kier alpha value is -2.91. The molecule has 0 amide bonds. The maximum Gasteiger partial charge on any atom is 0.419 e. The van der Waals surface area contributed by atoms with E-state index >= 15 is 0 Å². The Kier molecular flexibility index (Phi) is 5.29. The normalized spacial score (nSPS) is 22.2. The van der Waals surface area contributed by atoms with Gasteiger partial charge in [-0.3, -0.25) is 0 Å². The average molecular weight is 468 g/mol. The Morgan fingerprint density at radius 3 is 2.66 bits per heavy atom. The Morgan fingerprint density at radius 1 is 1.28 bits per heavy atom. The first kappa shape index (κ1) is 22.3. The van der Waals surface area contributed by atoms with Gasteiger partial charge in [-0.2, -0.15) is 13.2 Å². The van der Waals surface area contributed by atoms with Crippen LogP contribution in [0, 0.1) is 12.7 Å². The van der Waals surface area contributed by atoms with Gasteiger partial charge in [-0.25, -0.2) is 14.4 Å². The maximum absolute atomic E-state index is 14.3. The summed E-state index contributed by atoms with van der Waals surface area (Å²) < 4.78 is 56.9. The number of fused-ring (bicyclic) bond motifs is 2. The number of phenols is 1. The summed E-state index contributed by atoms with van der Waals surface area (Å²) in [6.45, 7) is 3.11. The van der Waals surface area contributed by atoms with Crippen molar-refractivity contribution in [1.29, 1.82) is 0 Å². The minimum absolute atomic E-state index is 0.0393. The molecule has 0 saturated heterocycles. The van der Waals surface area contributed by atoms with Crippen LogP contribution in [0.2, 0.25) is 5.02 Å². The number of alkyl halides is 3. The molecule has 3 aromatic rings. The first-order valence-corrected chi connectivity index (χ1v) is 9.99. The molecule has 2 atom stereocenters. The smallest absolute Gasteiger partial charge is 0.419 e. The minimum Gasteiger partial charge on any atom is -0.506 e. The first-order valence-electron chi connectivity index (χ1n) is 9.61. The molecule has 1 heterocycles. The van der Waals surface area contributed by atoms with E-state index in [1.54, 1.807) is 13.8 Å². The second kappa shape index (κ2) is 7.60. The van der Waals surface area contributed by atoms with E-state index in [-0.39, 0.29) is 38.5 Å². The summed E-state index contributed by atoms with van der Waals surface area (Å²) in [7, 11) is 0. The molecule has 10 heteroatoms. The molecule has 1 aromatic heterocycles. The van der Waals surface area contributed by atoms with Gasteiger partial charge in [-0.05, 0) is 54.8 Å². The third kappa shape index (κ3) is 3.45. The number of allylic oxidation sites excluding steroid dienone is 1. The quantitative estimate of drug-likeness (QED) is 0.422. The monoisotopic (exact) mass is 467 g/mol. The summed E-state index contributed by atoms with van der Waals surface area (Å²) in [6, 6.07) is 3.09. The van der Waals surface area contributed by atoms with Gasteiger partial charge < -0.3 is 15.5 Å². The molecular formula is C22H18ClF4N3O2. The molecule has 0 saturated carbocycles. The average Bonchev–Trinajstić information content (AvgIpc) is 2.72. The number of phenolic OH excluding ortho intramolecular Hbond substituents is 1. The highest BCUT2D eigenvalue weighted by Crippen LogP contribution is 2.53. The van der Waals surface area contributed by atoms with Crippen LogP contribution in [0.3, 0.4) is 0 Å². The molecule has 2 aromatic carbocycles. The predicted octanol–water partition coefficient (Wildman–Crippen LogP) is 5.69. The van der Waals surface area contributed by atoms with E-state index in [0.29, 0.717) is 11.4 Å². The van der Waals surface area contributed by atoms with Crippen molar-refractivity contribution in [2.75, 3.05) is 5.32 Å². The molecule has 1 aliphatic rings. The van der Waals surface area contributed by atoms with Crippen molar-refractivity contribution in [2.45, 2.75) is 38.1 Å². The van der Waals surface area contributed by atoms with Crippen LogP contribution in [0.15, 0.2) is 36.5 Å². The van der Waals surface area contributed by atoms with Crippen molar-refractivity contribution in [1.82, 2.24) is 9.97 Å². The number of nitrogens with zero attached hydrogens (tertiary/aromatic N) is 2. The fourth-order valence-electron chi connectivity index (χ4n) is 4.01. The van der Waals surface area contributed by atoms with E-state index in [0.717, 1.165) is 6.07 Å². The van der Waals surface area contributed by atoms with Crippen molar-refractivity contribution < 1.29 is 27.8 Å². The highest BCUT2D eigenvalue weighted by Gasteiger charge is 2.61. The third-order valence-electron chi connectivity index (χ3n) is 5.67. The fraction of sp³-hybridized carbons (Fsp3) is 0.273. The molecule has 168 valence electrons. The number of aliphatic hydroxyl groups is 1. The number of halogens is 5.